The molecule has 0 radical (unpaired) electrons. The zero-order valence-corrected chi connectivity index (χ0v) is 21.1. The molecule has 1 aliphatic rings. The second-order valence-corrected chi connectivity index (χ2v) is 10.6. The van der Waals surface area contributed by atoms with Gasteiger partial charge in [0.2, 0.25) is 15.9 Å². The Morgan fingerprint density at radius 2 is 1.69 bits per heavy atom. The highest BCUT2D eigenvalue weighted by atomic mass is 35.5. The first-order valence-corrected chi connectivity index (χ1v) is 12.9. The van der Waals surface area contributed by atoms with Crippen molar-refractivity contribution in [1.82, 2.24) is 9.62 Å². The van der Waals surface area contributed by atoms with Gasteiger partial charge in [0.1, 0.15) is 0 Å². The number of benzene rings is 3. The molecule has 1 aliphatic heterocycles. The zero-order chi connectivity index (χ0) is 25.0. The standard InChI is InChI=1S/C26H27ClN2O5S/c1-33-24-10-6-9-21(25(24)34-2)22-16-29(35(31,32)20-13-11-19(27)12-14-20)17-23(22)26(30)28-15-18-7-4-3-5-8-18/h3-14,22-23H,15-17H2,1-2H3,(H,28,30). The molecular formula is C26H27ClN2O5S. The first kappa shape index (κ1) is 25.0. The van der Waals surface area contributed by atoms with E-state index < -0.39 is 21.9 Å². The highest BCUT2D eigenvalue weighted by Gasteiger charge is 2.44. The second-order valence-electron chi connectivity index (χ2n) is 8.28. The average Bonchev–Trinajstić information content (AvgIpc) is 3.34. The van der Waals surface area contributed by atoms with Gasteiger partial charge in [0.15, 0.2) is 11.5 Å². The topological polar surface area (TPSA) is 84.9 Å². The van der Waals surface area contributed by atoms with E-state index in [1.54, 1.807) is 6.07 Å². The maximum absolute atomic E-state index is 13.4. The third-order valence-corrected chi connectivity index (χ3v) is 8.31. The summed E-state index contributed by atoms with van der Waals surface area (Å²) in [7, 11) is -0.772. The molecule has 0 aromatic heterocycles. The summed E-state index contributed by atoms with van der Waals surface area (Å²) in [5, 5.41) is 3.42. The van der Waals surface area contributed by atoms with Gasteiger partial charge < -0.3 is 14.8 Å². The van der Waals surface area contributed by atoms with Crippen molar-refractivity contribution in [3.05, 3.63) is 88.9 Å². The first-order chi connectivity index (χ1) is 16.8. The summed E-state index contributed by atoms with van der Waals surface area (Å²) in [6, 6.07) is 21.0. The maximum Gasteiger partial charge on any atom is 0.243 e. The van der Waals surface area contributed by atoms with E-state index in [1.165, 1.54) is 42.8 Å². The zero-order valence-electron chi connectivity index (χ0n) is 19.5. The SMILES string of the molecule is COc1cccc(C2CN(S(=O)(=O)c3ccc(Cl)cc3)CC2C(=O)NCc2ccccc2)c1OC. The summed E-state index contributed by atoms with van der Waals surface area (Å²) in [5.41, 5.74) is 1.68. The number of halogens is 1. The molecule has 0 spiro atoms. The normalized spacial score (nSPS) is 18.3. The Morgan fingerprint density at radius 1 is 0.971 bits per heavy atom. The minimum Gasteiger partial charge on any atom is -0.493 e. The number of nitrogens with zero attached hydrogens (tertiary/aromatic N) is 1. The third kappa shape index (κ3) is 5.29. The van der Waals surface area contributed by atoms with Crippen LogP contribution in [0.5, 0.6) is 11.5 Å². The van der Waals surface area contributed by atoms with Crippen molar-refractivity contribution in [2.45, 2.75) is 17.4 Å². The average molecular weight is 515 g/mol. The van der Waals surface area contributed by atoms with E-state index in [4.69, 9.17) is 21.1 Å². The van der Waals surface area contributed by atoms with Crippen LogP contribution in [0, 0.1) is 5.92 Å². The third-order valence-electron chi connectivity index (χ3n) is 6.22. The molecule has 2 unspecified atom stereocenters. The molecule has 4 rings (SSSR count). The fourth-order valence-electron chi connectivity index (χ4n) is 4.42. The number of rotatable bonds is 8. The van der Waals surface area contributed by atoms with Gasteiger partial charge in [0.25, 0.3) is 0 Å². The summed E-state index contributed by atoms with van der Waals surface area (Å²) in [5.74, 6) is -0.267. The van der Waals surface area contributed by atoms with Crippen LogP contribution in [-0.2, 0) is 21.4 Å². The molecule has 1 N–H and O–H groups in total. The number of methoxy groups -OCH3 is 2. The van der Waals surface area contributed by atoms with Crippen molar-refractivity contribution >= 4 is 27.5 Å². The minimum absolute atomic E-state index is 0.0383. The van der Waals surface area contributed by atoms with Gasteiger partial charge in [-0.25, -0.2) is 8.42 Å². The van der Waals surface area contributed by atoms with Crippen LogP contribution in [0.4, 0.5) is 0 Å². The van der Waals surface area contributed by atoms with Crippen LogP contribution < -0.4 is 14.8 Å². The quantitative estimate of drug-likeness (QED) is 0.489. The molecule has 7 nitrogen and oxygen atoms in total. The van der Waals surface area contributed by atoms with E-state index in [1.807, 2.05) is 42.5 Å². The lowest BCUT2D eigenvalue weighted by atomic mass is 9.87. The fraction of sp³-hybridized carbons (Fsp3) is 0.269. The Bertz CT molecular complexity index is 1280. The Balaban J connectivity index is 1.67. The molecule has 35 heavy (non-hydrogen) atoms. The van der Waals surface area contributed by atoms with E-state index in [-0.39, 0.29) is 23.9 Å². The smallest absolute Gasteiger partial charge is 0.243 e. The number of ether oxygens (including phenoxy) is 2. The number of hydrogen-bond acceptors (Lipinski definition) is 5. The fourth-order valence-corrected chi connectivity index (χ4v) is 6.04. The number of amides is 1. The summed E-state index contributed by atoms with van der Waals surface area (Å²) < 4.78 is 39.3. The van der Waals surface area contributed by atoms with Gasteiger partial charge in [-0.1, -0.05) is 54.1 Å². The minimum atomic E-state index is -3.84. The van der Waals surface area contributed by atoms with Gasteiger partial charge in [-0.2, -0.15) is 4.31 Å². The van der Waals surface area contributed by atoms with Crippen LogP contribution in [0.3, 0.4) is 0 Å². The van der Waals surface area contributed by atoms with Crippen molar-refractivity contribution in [2.75, 3.05) is 27.3 Å². The van der Waals surface area contributed by atoms with Crippen LogP contribution >= 0.6 is 11.6 Å². The lowest BCUT2D eigenvalue weighted by molar-refractivity contribution is -0.125. The van der Waals surface area contributed by atoms with Gasteiger partial charge in [0, 0.05) is 36.1 Å². The van der Waals surface area contributed by atoms with Crippen molar-refractivity contribution in [3.63, 3.8) is 0 Å². The van der Waals surface area contributed by atoms with Crippen LogP contribution in [-0.4, -0.2) is 45.9 Å². The number of carbonyl (C=O) groups is 1. The van der Waals surface area contributed by atoms with Gasteiger partial charge in [-0.05, 0) is 35.9 Å². The number of carbonyl (C=O) groups excluding carboxylic acids is 1. The highest BCUT2D eigenvalue weighted by molar-refractivity contribution is 7.89. The monoisotopic (exact) mass is 514 g/mol. The summed E-state index contributed by atoms with van der Waals surface area (Å²) in [4.78, 5) is 13.5. The number of para-hydroxylation sites is 1. The van der Waals surface area contributed by atoms with Crippen LogP contribution in [0.2, 0.25) is 5.02 Å². The molecule has 1 fully saturated rings. The van der Waals surface area contributed by atoms with Gasteiger partial charge in [-0.15, -0.1) is 0 Å². The van der Waals surface area contributed by atoms with E-state index in [0.29, 0.717) is 23.1 Å². The largest absolute Gasteiger partial charge is 0.493 e. The Labute approximate surface area is 210 Å². The van der Waals surface area contributed by atoms with Crippen molar-refractivity contribution in [1.29, 1.82) is 0 Å². The van der Waals surface area contributed by atoms with Crippen LogP contribution in [0.1, 0.15) is 17.0 Å². The molecule has 1 amide bonds. The predicted molar refractivity (Wildman–Crippen MR) is 134 cm³/mol. The molecule has 0 aliphatic carbocycles. The number of nitrogens with one attached hydrogen (secondary N) is 1. The molecule has 184 valence electrons. The molecule has 1 saturated heterocycles. The van der Waals surface area contributed by atoms with E-state index in [0.717, 1.165) is 11.1 Å². The van der Waals surface area contributed by atoms with Gasteiger partial charge in [-0.3, -0.25) is 4.79 Å². The van der Waals surface area contributed by atoms with Crippen LogP contribution in [0.15, 0.2) is 77.7 Å². The molecule has 3 aromatic carbocycles. The summed E-state index contributed by atoms with van der Waals surface area (Å²) >= 11 is 5.95. The van der Waals surface area contributed by atoms with E-state index >= 15 is 0 Å². The Hall–Kier alpha value is -3.07. The van der Waals surface area contributed by atoms with Gasteiger partial charge >= 0.3 is 0 Å². The number of hydrogen-bond donors (Lipinski definition) is 1. The van der Waals surface area contributed by atoms with Crippen molar-refractivity contribution in [2.24, 2.45) is 5.92 Å². The molecular weight excluding hydrogens is 488 g/mol. The summed E-state index contributed by atoms with van der Waals surface area (Å²) in [6.45, 7) is 0.511. The number of sulfonamides is 1. The lowest BCUT2D eigenvalue weighted by Gasteiger charge is -2.21. The molecule has 3 aromatic rings. The second kappa shape index (κ2) is 10.7. The Morgan fingerprint density at radius 3 is 2.34 bits per heavy atom. The van der Waals surface area contributed by atoms with Gasteiger partial charge in [0.05, 0.1) is 25.0 Å². The van der Waals surface area contributed by atoms with Crippen molar-refractivity contribution in [3.8, 4) is 11.5 Å². The van der Waals surface area contributed by atoms with E-state index in [2.05, 4.69) is 5.32 Å². The molecule has 0 bridgehead atoms. The molecule has 1 heterocycles. The summed E-state index contributed by atoms with van der Waals surface area (Å²) in [6.07, 6.45) is 0. The highest BCUT2D eigenvalue weighted by Crippen LogP contribution is 2.43. The van der Waals surface area contributed by atoms with Crippen LogP contribution in [0.25, 0.3) is 0 Å². The maximum atomic E-state index is 13.4. The predicted octanol–water partition coefficient (Wildman–Crippen LogP) is 4.08. The lowest BCUT2D eigenvalue weighted by Crippen LogP contribution is -2.35. The van der Waals surface area contributed by atoms with Crippen molar-refractivity contribution < 1.29 is 22.7 Å². The molecule has 0 saturated carbocycles. The molecule has 9 heteroatoms. The molecule has 2 atom stereocenters. The first-order valence-electron chi connectivity index (χ1n) is 11.1. The Kier molecular flexibility index (Phi) is 7.64. The van der Waals surface area contributed by atoms with E-state index in [9.17, 15) is 13.2 Å².